The molecule has 0 N–H and O–H groups in total. The van der Waals surface area contributed by atoms with E-state index in [-0.39, 0.29) is 5.56 Å². The average molecular weight is 344 g/mol. The Morgan fingerprint density at radius 2 is 1.92 bits per heavy atom. The Hall–Kier alpha value is -2.67. The first kappa shape index (κ1) is 16.2. The molecule has 0 fully saturated rings. The smallest absolute Gasteiger partial charge is 0.354 e. The number of carbonyl (C=O) groups excluding carboxylic acids is 1. The summed E-state index contributed by atoms with van der Waals surface area (Å²) in [5.74, 6) is 0.630. The van der Waals surface area contributed by atoms with Crippen molar-refractivity contribution in [2.24, 2.45) is 7.05 Å². The lowest BCUT2D eigenvalue weighted by atomic mass is 10.2. The first-order chi connectivity index (χ1) is 11.5. The second-order valence-electron chi connectivity index (χ2n) is 5.19. The summed E-state index contributed by atoms with van der Waals surface area (Å²) in [6, 6.07) is 6.81. The molecule has 0 amide bonds. The predicted molar refractivity (Wildman–Crippen MR) is 92.2 cm³/mol. The van der Waals surface area contributed by atoms with Gasteiger partial charge in [-0.2, -0.15) is 0 Å². The average Bonchev–Trinajstić information content (AvgIpc) is 2.91. The third-order valence-corrected chi connectivity index (χ3v) is 4.72. The van der Waals surface area contributed by atoms with Gasteiger partial charge in [0.05, 0.1) is 18.3 Å². The van der Waals surface area contributed by atoms with Gasteiger partial charge in [0.2, 0.25) is 0 Å². The van der Waals surface area contributed by atoms with E-state index in [4.69, 9.17) is 9.47 Å². The number of hydrogen-bond acceptors (Lipinski definition) is 6. The van der Waals surface area contributed by atoms with Crippen molar-refractivity contribution in [3.8, 4) is 11.5 Å². The topological polar surface area (TPSA) is 70.4 Å². The Labute approximate surface area is 142 Å². The van der Waals surface area contributed by atoms with Crippen molar-refractivity contribution in [2.45, 2.75) is 13.8 Å². The van der Waals surface area contributed by atoms with E-state index in [9.17, 15) is 9.59 Å². The van der Waals surface area contributed by atoms with Crippen molar-refractivity contribution in [2.75, 3.05) is 6.61 Å². The van der Waals surface area contributed by atoms with Crippen LogP contribution in [0.5, 0.6) is 11.5 Å². The van der Waals surface area contributed by atoms with Crippen LogP contribution in [0.2, 0.25) is 0 Å². The summed E-state index contributed by atoms with van der Waals surface area (Å²) in [6.45, 7) is 4.20. The third kappa shape index (κ3) is 2.90. The molecule has 3 rings (SSSR count). The third-order valence-electron chi connectivity index (χ3n) is 3.54. The van der Waals surface area contributed by atoms with Gasteiger partial charge >= 0.3 is 5.97 Å². The number of rotatable bonds is 4. The van der Waals surface area contributed by atoms with Crippen molar-refractivity contribution in [3.63, 3.8) is 0 Å². The van der Waals surface area contributed by atoms with E-state index < -0.39 is 5.97 Å². The Bertz CT molecular complexity index is 957. The Morgan fingerprint density at radius 1 is 1.25 bits per heavy atom. The maximum atomic E-state index is 12.4. The number of nitrogens with zero attached hydrogens (tertiary/aromatic N) is 2. The number of benzene rings is 1. The molecule has 0 saturated heterocycles. The van der Waals surface area contributed by atoms with Crippen molar-refractivity contribution < 1.29 is 14.3 Å². The number of carbonyl (C=O) groups is 1. The highest BCUT2D eigenvalue weighted by atomic mass is 32.1. The molecule has 0 spiro atoms. The fourth-order valence-electron chi connectivity index (χ4n) is 2.33. The van der Waals surface area contributed by atoms with Crippen LogP contribution in [0.1, 0.15) is 22.2 Å². The van der Waals surface area contributed by atoms with Crippen LogP contribution >= 0.6 is 11.3 Å². The Kier molecular flexibility index (Phi) is 4.35. The first-order valence-electron chi connectivity index (χ1n) is 7.41. The second kappa shape index (κ2) is 6.45. The first-order valence-corrected chi connectivity index (χ1v) is 8.22. The summed E-state index contributed by atoms with van der Waals surface area (Å²) >= 11 is 1.16. The molecule has 2 heterocycles. The molecule has 0 radical (unpaired) electrons. The number of esters is 1. The molecule has 0 aliphatic carbocycles. The molecular formula is C17H16N2O4S. The molecule has 0 saturated carbocycles. The largest absolute Gasteiger partial charge is 0.494 e. The molecule has 0 aliphatic rings. The van der Waals surface area contributed by atoms with E-state index in [0.29, 0.717) is 38.8 Å². The van der Waals surface area contributed by atoms with Gasteiger partial charge in [0.1, 0.15) is 21.2 Å². The van der Waals surface area contributed by atoms with Crippen LogP contribution < -0.4 is 15.0 Å². The lowest BCUT2D eigenvalue weighted by Crippen LogP contribution is -2.17. The summed E-state index contributed by atoms with van der Waals surface area (Å²) in [5.41, 5.74) is 0.425. The quantitative estimate of drug-likeness (QED) is 0.538. The van der Waals surface area contributed by atoms with Crippen LogP contribution in [0.25, 0.3) is 10.2 Å². The van der Waals surface area contributed by atoms with Crippen molar-refractivity contribution in [3.05, 3.63) is 51.4 Å². The minimum atomic E-state index is -0.498. The highest BCUT2D eigenvalue weighted by molar-refractivity contribution is 7.20. The molecule has 2 aromatic heterocycles. The van der Waals surface area contributed by atoms with Gasteiger partial charge < -0.3 is 14.0 Å². The standard InChI is InChI=1S/C17H16N2O4S/c1-4-22-11-5-7-12(8-6-11)23-17(21)14-10(2)13-15(24-14)18-9-19(3)16(13)20/h5-9H,4H2,1-3H3. The second-order valence-corrected chi connectivity index (χ2v) is 6.19. The number of aryl methyl sites for hydroxylation is 2. The molecular weight excluding hydrogens is 328 g/mol. The fraction of sp³-hybridized carbons (Fsp3) is 0.235. The van der Waals surface area contributed by atoms with E-state index in [2.05, 4.69) is 4.98 Å². The lowest BCUT2D eigenvalue weighted by Gasteiger charge is -2.05. The van der Waals surface area contributed by atoms with Gasteiger partial charge in [-0.15, -0.1) is 11.3 Å². The van der Waals surface area contributed by atoms with Crippen molar-refractivity contribution in [1.82, 2.24) is 9.55 Å². The number of fused-ring (bicyclic) bond motifs is 1. The minimum Gasteiger partial charge on any atom is -0.494 e. The van der Waals surface area contributed by atoms with Crippen LogP contribution in [0.15, 0.2) is 35.4 Å². The normalized spacial score (nSPS) is 10.8. The summed E-state index contributed by atoms with van der Waals surface area (Å²) in [7, 11) is 1.63. The zero-order valence-electron chi connectivity index (χ0n) is 13.5. The Balaban J connectivity index is 1.90. The van der Waals surface area contributed by atoms with E-state index in [0.717, 1.165) is 11.3 Å². The molecule has 0 atom stereocenters. The number of aromatic nitrogens is 2. The molecule has 1 aromatic carbocycles. The van der Waals surface area contributed by atoms with Crippen molar-refractivity contribution >= 4 is 27.5 Å². The van der Waals surface area contributed by atoms with E-state index in [1.165, 1.54) is 10.9 Å². The van der Waals surface area contributed by atoms with E-state index in [1.54, 1.807) is 38.2 Å². The molecule has 3 aromatic rings. The van der Waals surface area contributed by atoms with Gasteiger partial charge in [-0.1, -0.05) is 0 Å². The summed E-state index contributed by atoms with van der Waals surface area (Å²) in [6.07, 6.45) is 1.45. The molecule has 24 heavy (non-hydrogen) atoms. The van der Waals surface area contributed by atoms with E-state index >= 15 is 0 Å². The lowest BCUT2D eigenvalue weighted by molar-refractivity contribution is 0.0739. The molecule has 6 nitrogen and oxygen atoms in total. The molecule has 7 heteroatoms. The highest BCUT2D eigenvalue weighted by Crippen LogP contribution is 2.28. The van der Waals surface area contributed by atoms with Crippen LogP contribution in [-0.2, 0) is 7.05 Å². The Morgan fingerprint density at radius 3 is 2.58 bits per heavy atom. The zero-order chi connectivity index (χ0) is 17.3. The van der Waals surface area contributed by atoms with Crippen LogP contribution in [0.3, 0.4) is 0 Å². The molecule has 0 aliphatic heterocycles. The molecule has 124 valence electrons. The minimum absolute atomic E-state index is 0.172. The maximum absolute atomic E-state index is 12.4. The van der Waals surface area contributed by atoms with Gasteiger partial charge in [-0.05, 0) is 43.7 Å². The molecule has 0 unspecified atom stereocenters. The van der Waals surface area contributed by atoms with E-state index in [1.807, 2.05) is 6.92 Å². The zero-order valence-corrected chi connectivity index (χ0v) is 14.3. The SMILES string of the molecule is CCOc1ccc(OC(=O)c2sc3ncn(C)c(=O)c3c2C)cc1. The monoisotopic (exact) mass is 344 g/mol. The fourth-order valence-corrected chi connectivity index (χ4v) is 3.34. The van der Waals surface area contributed by atoms with Crippen molar-refractivity contribution in [1.29, 1.82) is 0 Å². The summed E-state index contributed by atoms with van der Waals surface area (Å²) in [4.78, 5) is 29.8. The summed E-state index contributed by atoms with van der Waals surface area (Å²) < 4.78 is 12.1. The van der Waals surface area contributed by atoms with Gasteiger partial charge in [0.15, 0.2) is 0 Å². The van der Waals surface area contributed by atoms with Crippen LogP contribution in [-0.4, -0.2) is 22.1 Å². The summed E-state index contributed by atoms with van der Waals surface area (Å²) in [5, 5.41) is 0.462. The van der Waals surface area contributed by atoms with Gasteiger partial charge in [0.25, 0.3) is 5.56 Å². The predicted octanol–water partition coefficient (Wildman–Crippen LogP) is 2.92. The molecule has 0 bridgehead atoms. The maximum Gasteiger partial charge on any atom is 0.354 e. The van der Waals surface area contributed by atoms with Crippen LogP contribution in [0.4, 0.5) is 0 Å². The number of hydrogen-bond donors (Lipinski definition) is 0. The van der Waals surface area contributed by atoms with Gasteiger partial charge in [0, 0.05) is 7.05 Å². The highest BCUT2D eigenvalue weighted by Gasteiger charge is 2.20. The van der Waals surface area contributed by atoms with Crippen LogP contribution in [0, 0.1) is 6.92 Å². The van der Waals surface area contributed by atoms with Gasteiger partial charge in [-0.3, -0.25) is 4.79 Å². The number of ether oxygens (including phenoxy) is 2. The number of thiophene rings is 1. The van der Waals surface area contributed by atoms with Gasteiger partial charge in [-0.25, -0.2) is 9.78 Å².